The average molecular weight is 781 g/mol. The summed E-state index contributed by atoms with van der Waals surface area (Å²) in [5, 5.41) is 6.00. The zero-order chi connectivity index (χ0) is 41.1. The minimum atomic E-state index is -4.01. The first-order valence-corrected chi connectivity index (χ1v) is 20.8. The Labute approximate surface area is 324 Å². The molecular weight excluding hydrogens is 713 g/mol. The van der Waals surface area contributed by atoms with Gasteiger partial charge in [0.15, 0.2) is 0 Å². The van der Waals surface area contributed by atoms with Gasteiger partial charge in [-0.15, -0.1) is 0 Å². The maximum Gasteiger partial charge on any atom is 0.245 e. The van der Waals surface area contributed by atoms with Crippen LogP contribution in [0, 0.1) is 23.7 Å². The summed E-state index contributed by atoms with van der Waals surface area (Å²) in [6.45, 7) is 13.8. The van der Waals surface area contributed by atoms with Crippen LogP contribution >= 0.6 is 0 Å². The smallest absolute Gasteiger partial charge is 0.245 e. The fourth-order valence-corrected chi connectivity index (χ4v) is 8.88. The first-order valence-electron chi connectivity index (χ1n) is 19.1. The zero-order valence-corrected chi connectivity index (χ0v) is 35.7. The lowest BCUT2D eigenvalue weighted by atomic mass is 9.89. The van der Waals surface area contributed by atoms with Gasteiger partial charge in [0, 0.05) is 40.5 Å². The van der Waals surface area contributed by atoms with Crippen LogP contribution in [-0.4, -0.2) is 132 Å². The first-order chi connectivity index (χ1) is 25.2. The number of ether oxygens (including phenoxy) is 2. The molecule has 1 heterocycles. The highest BCUT2D eigenvalue weighted by Gasteiger charge is 2.43. The average Bonchev–Trinajstić information content (AvgIpc) is 3.59. The molecule has 1 aromatic carbocycles. The van der Waals surface area contributed by atoms with E-state index in [4.69, 9.17) is 9.47 Å². The summed E-state index contributed by atoms with van der Waals surface area (Å²) in [7, 11) is 6.12. The largest absolute Gasteiger partial charge is 0.388 e. The molecule has 54 heavy (non-hydrogen) atoms. The number of hydrogen-bond acceptors (Lipinski definition) is 10. The summed E-state index contributed by atoms with van der Waals surface area (Å²) < 4.78 is 39.9. The van der Waals surface area contributed by atoms with E-state index in [1.54, 1.807) is 55.1 Å². The molecule has 3 N–H and O–H groups in total. The number of carbonyl (C=O) groups is 4. The van der Waals surface area contributed by atoms with E-state index < -0.39 is 58.2 Å². The van der Waals surface area contributed by atoms with Crippen molar-refractivity contribution in [1.29, 1.82) is 0 Å². The van der Waals surface area contributed by atoms with Crippen LogP contribution in [-0.2, 0) is 44.4 Å². The molecular formula is C39H68N6O8S. The monoisotopic (exact) mass is 780 g/mol. The summed E-state index contributed by atoms with van der Waals surface area (Å²) in [6.07, 6.45) is 0.467. The second-order valence-electron chi connectivity index (χ2n) is 15.6. The molecule has 15 heteroatoms. The van der Waals surface area contributed by atoms with Gasteiger partial charge in [0.2, 0.25) is 33.7 Å². The van der Waals surface area contributed by atoms with Crippen LogP contribution < -0.4 is 15.4 Å². The highest BCUT2D eigenvalue weighted by atomic mass is 32.2. The van der Waals surface area contributed by atoms with E-state index in [2.05, 4.69) is 15.4 Å². The number of nitrogens with zero attached hydrogens (tertiary/aromatic N) is 3. The second kappa shape index (κ2) is 21.1. The molecule has 0 radical (unpaired) electrons. The molecule has 8 atom stereocenters. The van der Waals surface area contributed by atoms with Crippen LogP contribution in [0.15, 0.2) is 24.3 Å². The van der Waals surface area contributed by atoms with Crippen molar-refractivity contribution < 1.29 is 37.1 Å². The predicted molar refractivity (Wildman–Crippen MR) is 212 cm³/mol. The lowest BCUT2D eigenvalue weighted by Gasteiger charge is -2.41. The van der Waals surface area contributed by atoms with E-state index in [-0.39, 0.29) is 47.6 Å². The van der Waals surface area contributed by atoms with E-state index in [9.17, 15) is 27.6 Å². The maximum absolute atomic E-state index is 14.2. The van der Waals surface area contributed by atoms with Gasteiger partial charge in [-0.25, -0.2) is 8.42 Å². The highest BCUT2D eigenvalue weighted by Crippen LogP contribution is 2.30. The van der Waals surface area contributed by atoms with Gasteiger partial charge in [-0.2, -0.15) is 0 Å². The van der Waals surface area contributed by atoms with Crippen molar-refractivity contribution in [3.05, 3.63) is 29.8 Å². The molecule has 1 aromatic rings. The van der Waals surface area contributed by atoms with Crippen molar-refractivity contribution in [3.8, 4) is 0 Å². The van der Waals surface area contributed by atoms with Crippen molar-refractivity contribution in [2.45, 2.75) is 116 Å². The number of benzene rings is 1. The molecule has 2 unspecified atom stereocenters. The first kappa shape index (κ1) is 46.9. The Kier molecular flexibility index (Phi) is 18.4. The van der Waals surface area contributed by atoms with Gasteiger partial charge in [0.05, 0.1) is 48.4 Å². The molecule has 0 bridgehead atoms. The van der Waals surface area contributed by atoms with Crippen molar-refractivity contribution in [2.75, 3.05) is 54.3 Å². The number of rotatable bonds is 21. The molecule has 1 aliphatic heterocycles. The van der Waals surface area contributed by atoms with Gasteiger partial charge in [0.1, 0.15) is 6.04 Å². The number of anilines is 1. The van der Waals surface area contributed by atoms with Crippen molar-refractivity contribution >= 4 is 39.3 Å². The van der Waals surface area contributed by atoms with Crippen LogP contribution in [0.4, 0.5) is 5.69 Å². The number of likely N-dealkylation sites (N-methyl/N-ethyl adjacent to an activating group) is 2. The summed E-state index contributed by atoms with van der Waals surface area (Å²) in [5.41, 5.74) is 1.36. The van der Waals surface area contributed by atoms with Crippen LogP contribution in [0.2, 0.25) is 0 Å². The van der Waals surface area contributed by atoms with Crippen molar-refractivity contribution in [1.82, 2.24) is 24.7 Å². The number of nitrogens with one attached hydrogen (secondary N) is 3. The van der Waals surface area contributed by atoms with Crippen molar-refractivity contribution in [2.24, 2.45) is 23.7 Å². The molecule has 14 nitrogen and oxygen atoms in total. The Morgan fingerprint density at radius 1 is 0.926 bits per heavy atom. The minimum absolute atomic E-state index is 0.0295. The third-order valence-electron chi connectivity index (χ3n) is 10.8. The molecule has 0 aliphatic carbocycles. The van der Waals surface area contributed by atoms with Crippen LogP contribution in [0.1, 0.15) is 79.7 Å². The molecule has 0 aromatic heterocycles. The van der Waals surface area contributed by atoms with E-state index in [0.29, 0.717) is 31.4 Å². The normalized spacial score (nSPS) is 18.8. The van der Waals surface area contributed by atoms with Crippen LogP contribution in [0.5, 0.6) is 0 Å². The van der Waals surface area contributed by atoms with E-state index >= 15 is 0 Å². The lowest BCUT2D eigenvalue weighted by Crippen LogP contribution is -2.59. The molecule has 1 saturated heterocycles. The number of sulfonamides is 1. The SMILES string of the molecule is CC[C@H](C)C([C@@H](CC(=O)N1CCC[C@H]1[C@H](OC)[C@@H](C)C(=O)NS(=O)(=O)Cc1ccc(NC)cc1)OC)N(C)C(=O)[C@@H](NC(=O)C(C(C)C)N(C)C)C(C)C. The van der Waals surface area contributed by atoms with Gasteiger partial charge < -0.3 is 29.9 Å². The summed E-state index contributed by atoms with van der Waals surface area (Å²) in [5.74, 6) is -2.90. The fraction of sp³-hybridized carbons (Fsp3) is 0.744. The Morgan fingerprint density at radius 3 is 2.02 bits per heavy atom. The van der Waals surface area contributed by atoms with Gasteiger partial charge in [-0.1, -0.05) is 67.0 Å². The quantitative estimate of drug-likeness (QED) is 0.169. The zero-order valence-electron chi connectivity index (χ0n) is 34.8. The summed E-state index contributed by atoms with van der Waals surface area (Å²) in [4.78, 5) is 60.3. The predicted octanol–water partition coefficient (Wildman–Crippen LogP) is 3.32. The third-order valence-corrected chi connectivity index (χ3v) is 12.0. The van der Waals surface area contributed by atoms with Crippen LogP contribution in [0.25, 0.3) is 0 Å². The molecule has 0 saturated carbocycles. The number of hydrogen-bond donors (Lipinski definition) is 3. The number of amides is 4. The Balaban J connectivity index is 2.26. The number of methoxy groups -OCH3 is 2. The number of carbonyl (C=O) groups excluding carboxylic acids is 4. The van der Waals surface area contributed by atoms with Crippen molar-refractivity contribution in [3.63, 3.8) is 0 Å². The standard InChI is InChI=1S/C39H68N6O8S/c1-14-26(6)35(44(11)39(49)33(24(2)3)41-38(48)34(25(4)5)43(9)10)31(52-12)22-32(46)45-21-15-16-30(45)36(53-13)27(7)37(47)42-54(50,51)23-28-17-19-29(40-8)20-18-28/h17-20,24-27,30-31,33-36,40H,14-16,21-23H2,1-13H3,(H,41,48)(H,42,47)/t26-,27+,30-,31+,33-,34?,35?,36+/m0/s1. The molecule has 0 spiro atoms. The van der Waals surface area contributed by atoms with E-state index in [1.807, 2.05) is 60.5 Å². The van der Waals surface area contributed by atoms with Gasteiger partial charge in [-0.05, 0) is 62.4 Å². The topological polar surface area (TPSA) is 167 Å². The highest BCUT2D eigenvalue weighted by molar-refractivity contribution is 7.89. The molecule has 1 fully saturated rings. The van der Waals surface area contributed by atoms with Gasteiger partial charge >= 0.3 is 0 Å². The lowest BCUT2D eigenvalue weighted by molar-refractivity contribution is -0.148. The maximum atomic E-state index is 14.2. The van der Waals surface area contributed by atoms with Crippen LogP contribution in [0.3, 0.4) is 0 Å². The molecule has 1 aliphatic rings. The van der Waals surface area contributed by atoms with E-state index in [1.165, 1.54) is 14.2 Å². The molecule has 2 rings (SSSR count). The minimum Gasteiger partial charge on any atom is -0.388 e. The number of likely N-dealkylation sites (tertiary alicyclic amines) is 1. The third kappa shape index (κ3) is 12.4. The molecule has 4 amide bonds. The Bertz CT molecular complexity index is 1480. The summed E-state index contributed by atoms with van der Waals surface area (Å²) >= 11 is 0. The summed E-state index contributed by atoms with van der Waals surface area (Å²) in [6, 6.07) is 4.70. The van der Waals surface area contributed by atoms with Gasteiger partial charge in [0.25, 0.3) is 0 Å². The fourth-order valence-electron chi connectivity index (χ4n) is 7.68. The van der Waals surface area contributed by atoms with Gasteiger partial charge in [-0.3, -0.25) is 28.8 Å². The Morgan fingerprint density at radius 2 is 1.54 bits per heavy atom. The Hall–Kier alpha value is -3.27. The van der Waals surface area contributed by atoms with E-state index in [0.717, 1.165) is 5.69 Å². The second-order valence-corrected chi connectivity index (χ2v) is 17.4. The molecule has 308 valence electrons.